The number of hydrogen-bond donors (Lipinski definition) is 2. The maximum Gasteiger partial charge on any atom is 0.253 e. The van der Waals surface area contributed by atoms with Crippen LogP contribution in [-0.2, 0) is 0 Å². The average molecular weight is 344 g/mol. The summed E-state index contributed by atoms with van der Waals surface area (Å²) >= 11 is 3.07. The quantitative estimate of drug-likeness (QED) is 0.374. The van der Waals surface area contributed by atoms with Gasteiger partial charge < -0.3 is 15.8 Å². The number of nitrogens with zero attached hydrogens (tertiary/aromatic N) is 2. The molecule has 20 heavy (non-hydrogen) atoms. The van der Waals surface area contributed by atoms with Crippen LogP contribution >= 0.6 is 15.9 Å². The SMILES string of the molecule is N/C(=N/O)C1CCCN(C(=O)c2ccc(F)c(Br)c2)C1. The highest BCUT2D eigenvalue weighted by Gasteiger charge is 2.27. The first-order valence-corrected chi connectivity index (χ1v) is 7.04. The molecule has 1 aromatic carbocycles. The highest BCUT2D eigenvalue weighted by molar-refractivity contribution is 9.10. The molecule has 7 heteroatoms. The molecule has 1 aliphatic heterocycles. The van der Waals surface area contributed by atoms with Gasteiger partial charge in [0, 0.05) is 24.6 Å². The van der Waals surface area contributed by atoms with Gasteiger partial charge in [0.05, 0.1) is 4.47 Å². The highest BCUT2D eigenvalue weighted by atomic mass is 79.9. The van der Waals surface area contributed by atoms with Crippen LogP contribution in [-0.4, -0.2) is 34.9 Å². The number of carbonyl (C=O) groups is 1. The van der Waals surface area contributed by atoms with Gasteiger partial charge in [-0.3, -0.25) is 4.79 Å². The van der Waals surface area contributed by atoms with Crippen molar-refractivity contribution in [2.45, 2.75) is 12.8 Å². The number of rotatable bonds is 2. The number of likely N-dealkylation sites (tertiary alicyclic amines) is 1. The van der Waals surface area contributed by atoms with Gasteiger partial charge in [0.15, 0.2) is 0 Å². The minimum Gasteiger partial charge on any atom is -0.409 e. The summed E-state index contributed by atoms with van der Waals surface area (Å²) in [4.78, 5) is 14.0. The van der Waals surface area contributed by atoms with Gasteiger partial charge in [0.1, 0.15) is 11.7 Å². The summed E-state index contributed by atoms with van der Waals surface area (Å²) in [5, 5.41) is 11.7. The van der Waals surface area contributed by atoms with E-state index in [9.17, 15) is 9.18 Å². The summed E-state index contributed by atoms with van der Waals surface area (Å²) in [6, 6.07) is 4.17. The van der Waals surface area contributed by atoms with Crippen LogP contribution in [0.25, 0.3) is 0 Å². The zero-order valence-corrected chi connectivity index (χ0v) is 12.3. The van der Waals surface area contributed by atoms with E-state index in [1.807, 2.05) is 0 Å². The van der Waals surface area contributed by atoms with E-state index in [2.05, 4.69) is 21.1 Å². The first-order valence-electron chi connectivity index (χ1n) is 6.24. The lowest BCUT2D eigenvalue weighted by Gasteiger charge is -2.32. The third kappa shape index (κ3) is 3.09. The molecular formula is C13H15BrFN3O2. The number of oxime groups is 1. The number of nitrogens with two attached hydrogens (primary N) is 1. The van der Waals surface area contributed by atoms with Gasteiger partial charge in [-0.1, -0.05) is 5.16 Å². The summed E-state index contributed by atoms with van der Waals surface area (Å²) < 4.78 is 13.4. The number of benzene rings is 1. The van der Waals surface area contributed by atoms with E-state index < -0.39 is 5.82 Å². The van der Waals surface area contributed by atoms with Crippen molar-refractivity contribution in [2.75, 3.05) is 13.1 Å². The van der Waals surface area contributed by atoms with Gasteiger partial charge >= 0.3 is 0 Å². The molecule has 1 heterocycles. The van der Waals surface area contributed by atoms with Crippen molar-refractivity contribution in [3.63, 3.8) is 0 Å². The van der Waals surface area contributed by atoms with Crippen LogP contribution in [0.2, 0.25) is 0 Å². The number of carbonyl (C=O) groups excluding carboxylic acids is 1. The maximum absolute atomic E-state index is 13.2. The molecule has 0 spiro atoms. The van der Waals surface area contributed by atoms with Crippen LogP contribution < -0.4 is 5.73 Å². The summed E-state index contributed by atoms with van der Waals surface area (Å²) in [7, 11) is 0. The zero-order chi connectivity index (χ0) is 14.7. The van der Waals surface area contributed by atoms with Gasteiger partial charge in [-0.15, -0.1) is 0 Å². The van der Waals surface area contributed by atoms with Crippen LogP contribution in [0.1, 0.15) is 23.2 Å². The topological polar surface area (TPSA) is 78.9 Å². The van der Waals surface area contributed by atoms with E-state index in [0.29, 0.717) is 18.7 Å². The Morgan fingerprint density at radius 2 is 2.30 bits per heavy atom. The lowest BCUT2D eigenvalue weighted by atomic mass is 9.96. The second-order valence-corrected chi connectivity index (χ2v) is 5.60. The monoisotopic (exact) mass is 343 g/mol. The second-order valence-electron chi connectivity index (χ2n) is 4.74. The summed E-state index contributed by atoms with van der Waals surface area (Å²) in [6.45, 7) is 1.02. The summed E-state index contributed by atoms with van der Waals surface area (Å²) in [6.07, 6.45) is 1.57. The minimum atomic E-state index is -0.408. The van der Waals surface area contributed by atoms with Crippen LogP contribution in [0.5, 0.6) is 0 Å². The van der Waals surface area contributed by atoms with E-state index in [0.717, 1.165) is 12.8 Å². The Hall–Kier alpha value is -1.63. The Morgan fingerprint density at radius 3 is 2.95 bits per heavy atom. The Labute approximate surface area is 124 Å². The number of halogens is 2. The normalized spacial score (nSPS) is 20.0. The molecule has 1 aliphatic rings. The van der Waals surface area contributed by atoms with Crippen molar-refractivity contribution in [1.82, 2.24) is 4.90 Å². The molecule has 108 valence electrons. The fourth-order valence-corrected chi connectivity index (χ4v) is 2.68. The smallest absolute Gasteiger partial charge is 0.253 e. The molecule has 2 rings (SSSR count). The molecule has 0 saturated carbocycles. The standard InChI is InChI=1S/C13H15BrFN3O2/c14-10-6-8(3-4-11(10)15)13(19)18-5-1-2-9(7-18)12(16)17-20/h3-4,6,9,20H,1-2,5,7H2,(H2,16,17). The molecule has 1 saturated heterocycles. The van der Waals surface area contributed by atoms with E-state index in [1.54, 1.807) is 4.90 Å². The lowest BCUT2D eigenvalue weighted by Crippen LogP contribution is -2.44. The lowest BCUT2D eigenvalue weighted by molar-refractivity contribution is 0.0701. The molecule has 1 atom stereocenters. The molecule has 0 aromatic heterocycles. The van der Waals surface area contributed by atoms with Crippen molar-refractivity contribution in [1.29, 1.82) is 0 Å². The second kappa shape index (κ2) is 6.21. The molecule has 1 unspecified atom stereocenters. The Bertz CT molecular complexity index is 550. The van der Waals surface area contributed by atoms with Crippen LogP contribution in [0.3, 0.4) is 0 Å². The maximum atomic E-state index is 13.2. The highest BCUT2D eigenvalue weighted by Crippen LogP contribution is 2.21. The summed E-state index contributed by atoms with van der Waals surface area (Å²) in [5.41, 5.74) is 6.01. The third-order valence-corrected chi connectivity index (χ3v) is 4.02. The molecule has 1 amide bonds. The molecule has 1 fully saturated rings. The Balaban J connectivity index is 2.14. The van der Waals surface area contributed by atoms with Gasteiger partial charge in [-0.2, -0.15) is 0 Å². The number of amides is 1. The fraction of sp³-hybridized carbons (Fsp3) is 0.385. The van der Waals surface area contributed by atoms with E-state index in [1.165, 1.54) is 18.2 Å². The third-order valence-electron chi connectivity index (χ3n) is 3.41. The van der Waals surface area contributed by atoms with Crippen molar-refractivity contribution in [3.8, 4) is 0 Å². The van der Waals surface area contributed by atoms with E-state index in [-0.39, 0.29) is 22.1 Å². The van der Waals surface area contributed by atoms with Crippen molar-refractivity contribution in [2.24, 2.45) is 16.8 Å². The van der Waals surface area contributed by atoms with Gasteiger partial charge in [0.2, 0.25) is 0 Å². The predicted octanol–water partition coefficient (Wildman–Crippen LogP) is 2.19. The van der Waals surface area contributed by atoms with E-state index in [4.69, 9.17) is 10.9 Å². The minimum absolute atomic E-state index is 0.137. The molecule has 0 aliphatic carbocycles. The van der Waals surface area contributed by atoms with E-state index >= 15 is 0 Å². The number of piperidine rings is 1. The number of hydrogen-bond acceptors (Lipinski definition) is 3. The Kier molecular flexibility index (Phi) is 4.59. The van der Waals surface area contributed by atoms with Gasteiger partial charge in [-0.25, -0.2) is 4.39 Å². The van der Waals surface area contributed by atoms with Crippen LogP contribution in [0.4, 0.5) is 4.39 Å². The molecular weight excluding hydrogens is 329 g/mol. The van der Waals surface area contributed by atoms with Crippen molar-refractivity contribution in [3.05, 3.63) is 34.1 Å². The van der Waals surface area contributed by atoms with Crippen LogP contribution in [0.15, 0.2) is 27.8 Å². The molecule has 0 bridgehead atoms. The van der Waals surface area contributed by atoms with Crippen molar-refractivity contribution < 1.29 is 14.4 Å². The first-order chi connectivity index (χ1) is 9.52. The molecule has 5 nitrogen and oxygen atoms in total. The van der Waals surface area contributed by atoms with Gasteiger partial charge in [0.25, 0.3) is 5.91 Å². The largest absolute Gasteiger partial charge is 0.409 e. The van der Waals surface area contributed by atoms with Crippen LogP contribution in [0, 0.1) is 11.7 Å². The Morgan fingerprint density at radius 1 is 1.55 bits per heavy atom. The molecule has 3 N–H and O–H groups in total. The predicted molar refractivity (Wildman–Crippen MR) is 76.1 cm³/mol. The molecule has 0 radical (unpaired) electrons. The first kappa shape index (κ1) is 14.8. The zero-order valence-electron chi connectivity index (χ0n) is 10.7. The molecule has 1 aromatic rings. The average Bonchev–Trinajstić information content (AvgIpc) is 2.48. The summed E-state index contributed by atoms with van der Waals surface area (Å²) in [5.74, 6) is -0.583. The fourth-order valence-electron chi connectivity index (χ4n) is 2.30. The number of amidine groups is 1. The van der Waals surface area contributed by atoms with Gasteiger partial charge in [-0.05, 0) is 47.0 Å². The van der Waals surface area contributed by atoms with Crippen molar-refractivity contribution >= 4 is 27.7 Å².